The van der Waals surface area contributed by atoms with Gasteiger partial charge in [0.2, 0.25) is 5.91 Å². The summed E-state index contributed by atoms with van der Waals surface area (Å²) in [5.41, 5.74) is 0. The number of amides is 1. The summed E-state index contributed by atoms with van der Waals surface area (Å²) in [6.07, 6.45) is 69.7. The van der Waals surface area contributed by atoms with Crippen molar-refractivity contribution in [3.63, 3.8) is 0 Å². The molecule has 0 radical (unpaired) electrons. The Balaban J connectivity index is 4.80. The smallest absolute Gasteiger partial charge is 0.306 e. The summed E-state index contributed by atoms with van der Waals surface area (Å²) in [5.74, 6) is -0.597. The van der Waals surface area contributed by atoms with Crippen LogP contribution in [0.4, 0.5) is 0 Å². The van der Waals surface area contributed by atoms with Gasteiger partial charge in [0.1, 0.15) is 6.10 Å². The summed E-state index contributed by atoms with van der Waals surface area (Å²) in [5, 5.41) is 23.8. The second kappa shape index (κ2) is 50.3. The summed E-state index contributed by atoms with van der Waals surface area (Å²) < 4.78 is 5.88. The number of unbranched alkanes of at least 4 members (excludes halogenated alkanes) is 17. The van der Waals surface area contributed by atoms with Crippen LogP contribution in [0.1, 0.15) is 207 Å². The molecule has 3 atom stereocenters. The third kappa shape index (κ3) is 44.9. The van der Waals surface area contributed by atoms with Crippen molar-refractivity contribution < 1.29 is 24.5 Å². The van der Waals surface area contributed by atoms with Gasteiger partial charge in [-0.15, -0.1) is 0 Å². The quantitative estimate of drug-likeness (QED) is 0.0245. The van der Waals surface area contributed by atoms with E-state index in [4.69, 9.17) is 4.74 Å². The molecule has 0 aliphatic heterocycles. The zero-order valence-electron chi connectivity index (χ0n) is 41.1. The Morgan fingerprint density at radius 3 is 1.47 bits per heavy atom. The highest BCUT2D eigenvalue weighted by Gasteiger charge is 2.24. The van der Waals surface area contributed by atoms with Crippen molar-refractivity contribution >= 4 is 11.9 Å². The highest BCUT2D eigenvalue weighted by molar-refractivity contribution is 5.77. The number of allylic oxidation sites excluding steroid dienone is 20. The molecular formula is C58H95NO5. The zero-order chi connectivity index (χ0) is 46.7. The first kappa shape index (κ1) is 60.3. The number of aliphatic hydroxyl groups is 2. The maximum Gasteiger partial charge on any atom is 0.306 e. The SMILES string of the molecule is CC\C=C/C=C/C=C/C=C\C=C\C=C\CCCC(CC(=O)NC(CO)C(O)CCCCCCCCCCCCCCCC)OC(=O)CCCCC/C=C/C/C=C/C/C=C/C/C=C/CC. The molecule has 6 nitrogen and oxygen atoms in total. The topological polar surface area (TPSA) is 95.9 Å². The van der Waals surface area contributed by atoms with Crippen LogP contribution in [0.2, 0.25) is 0 Å². The van der Waals surface area contributed by atoms with Gasteiger partial charge in [-0.2, -0.15) is 0 Å². The molecule has 0 bridgehead atoms. The molecule has 0 fully saturated rings. The Labute approximate surface area is 393 Å². The summed E-state index contributed by atoms with van der Waals surface area (Å²) in [6, 6.07) is -0.741. The van der Waals surface area contributed by atoms with E-state index in [1.807, 2.05) is 60.8 Å². The van der Waals surface area contributed by atoms with Crippen LogP contribution >= 0.6 is 0 Å². The Bertz CT molecular complexity index is 1360. The largest absolute Gasteiger partial charge is 0.462 e. The highest BCUT2D eigenvalue weighted by atomic mass is 16.5. The first-order valence-corrected chi connectivity index (χ1v) is 25.8. The number of hydrogen-bond acceptors (Lipinski definition) is 5. The zero-order valence-corrected chi connectivity index (χ0v) is 41.1. The lowest BCUT2D eigenvalue weighted by molar-refractivity contribution is -0.151. The molecule has 0 aliphatic carbocycles. The Morgan fingerprint density at radius 1 is 0.484 bits per heavy atom. The predicted molar refractivity (Wildman–Crippen MR) is 277 cm³/mol. The number of hydrogen-bond donors (Lipinski definition) is 3. The lowest BCUT2D eigenvalue weighted by Crippen LogP contribution is -2.46. The van der Waals surface area contributed by atoms with Crippen LogP contribution in [-0.2, 0) is 14.3 Å². The van der Waals surface area contributed by atoms with E-state index in [0.29, 0.717) is 19.3 Å². The summed E-state index contributed by atoms with van der Waals surface area (Å²) >= 11 is 0. The third-order valence-electron chi connectivity index (χ3n) is 10.9. The maximum absolute atomic E-state index is 13.2. The van der Waals surface area contributed by atoms with Crippen LogP contribution < -0.4 is 5.32 Å². The van der Waals surface area contributed by atoms with Crippen molar-refractivity contribution in [1.82, 2.24) is 5.32 Å². The molecule has 6 heteroatoms. The minimum absolute atomic E-state index is 0.00561. The molecule has 0 aliphatic rings. The number of ether oxygens (including phenoxy) is 1. The van der Waals surface area contributed by atoms with E-state index < -0.39 is 18.2 Å². The van der Waals surface area contributed by atoms with E-state index in [2.05, 4.69) is 86.8 Å². The second-order valence-electron chi connectivity index (χ2n) is 17.0. The van der Waals surface area contributed by atoms with Gasteiger partial charge in [-0.1, -0.05) is 239 Å². The number of carbonyl (C=O) groups excluding carboxylic acids is 2. The van der Waals surface area contributed by atoms with Crippen LogP contribution in [0.25, 0.3) is 0 Å². The molecule has 0 aromatic heterocycles. The number of carbonyl (C=O) groups is 2. The second-order valence-corrected chi connectivity index (χ2v) is 17.0. The van der Waals surface area contributed by atoms with Crippen LogP contribution in [0.15, 0.2) is 122 Å². The summed E-state index contributed by atoms with van der Waals surface area (Å²) in [7, 11) is 0. The molecule has 1 amide bonds. The van der Waals surface area contributed by atoms with Gasteiger partial charge in [0.25, 0.3) is 0 Å². The average molecular weight is 886 g/mol. The van der Waals surface area contributed by atoms with E-state index in [-0.39, 0.29) is 24.9 Å². The lowest BCUT2D eigenvalue weighted by Gasteiger charge is -2.24. The van der Waals surface area contributed by atoms with E-state index in [1.165, 1.54) is 70.6 Å². The van der Waals surface area contributed by atoms with Gasteiger partial charge in [0.05, 0.1) is 25.2 Å². The van der Waals surface area contributed by atoms with Gasteiger partial charge < -0.3 is 20.3 Å². The number of aliphatic hydroxyl groups excluding tert-OH is 2. The first-order chi connectivity index (χ1) is 31.5. The van der Waals surface area contributed by atoms with E-state index >= 15 is 0 Å². The van der Waals surface area contributed by atoms with Crippen LogP contribution in [0.3, 0.4) is 0 Å². The Kier molecular flexibility index (Phi) is 47.3. The fraction of sp³-hybridized carbons (Fsp3) is 0.621. The van der Waals surface area contributed by atoms with Gasteiger partial charge >= 0.3 is 5.97 Å². The van der Waals surface area contributed by atoms with Gasteiger partial charge in [-0.3, -0.25) is 9.59 Å². The van der Waals surface area contributed by atoms with Gasteiger partial charge in [-0.05, 0) is 77.0 Å². The van der Waals surface area contributed by atoms with Crippen LogP contribution in [-0.4, -0.2) is 46.9 Å². The molecular weight excluding hydrogens is 791 g/mol. The number of rotatable bonds is 44. The first-order valence-electron chi connectivity index (χ1n) is 25.8. The minimum atomic E-state index is -0.821. The Hall–Kier alpha value is -3.74. The van der Waals surface area contributed by atoms with E-state index in [9.17, 15) is 19.8 Å². The van der Waals surface area contributed by atoms with Gasteiger partial charge in [0, 0.05) is 6.42 Å². The van der Waals surface area contributed by atoms with Crippen molar-refractivity contribution in [2.75, 3.05) is 6.61 Å². The van der Waals surface area contributed by atoms with Crippen molar-refractivity contribution in [3.8, 4) is 0 Å². The minimum Gasteiger partial charge on any atom is -0.462 e. The van der Waals surface area contributed by atoms with Crippen molar-refractivity contribution in [3.05, 3.63) is 122 Å². The van der Waals surface area contributed by atoms with Gasteiger partial charge in [-0.25, -0.2) is 0 Å². The average Bonchev–Trinajstić information content (AvgIpc) is 3.29. The molecule has 0 rings (SSSR count). The summed E-state index contributed by atoms with van der Waals surface area (Å²) in [4.78, 5) is 26.1. The van der Waals surface area contributed by atoms with Crippen molar-refractivity contribution in [2.45, 2.75) is 225 Å². The number of esters is 1. The lowest BCUT2D eigenvalue weighted by atomic mass is 10.0. The monoisotopic (exact) mass is 886 g/mol. The molecule has 0 saturated carbocycles. The maximum atomic E-state index is 13.2. The molecule has 0 aromatic carbocycles. The van der Waals surface area contributed by atoms with E-state index in [1.54, 1.807) is 0 Å². The highest BCUT2D eigenvalue weighted by Crippen LogP contribution is 2.16. The molecule has 0 spiro atoms. The third-order valence-corrected chi connectivity index (χ3v) is 10.9. The molecule has 362 valence electrons. The molecule has 64 heavy (non-hydrogen) atoms. The number of nitrogens with one attached hydrogen (secondary N) is 1. The van der Waals surface area contributed by atoms with Crippen molar-refractivity contribution in [1.29, 1.82) is 0 Å². The molecule has 0 heterocycles. The molecule has 0 aromatic rings. The van der Waals surface area contributed by atoms with Crippen LogP contribution in [0.5, 0.6) is 0 Å². The fourth-order valence-electron chi connectivity index (χ4n) is 7.10. The fourth-order valence-corrected chi connectivity index (χ4v) is 7.10. The van der Waals surface area contributed by atoms with Gasteiger partial charge in [0.15, 0.2) is 0 Å². The van der Waals surface area contributed by atoms with Crippen molar-refractivity contribution in [2.24, 2.45) is 0 Å². The Morgan fingerprint density at radius 2 is 0.938 bits per heavy atom. The van der Waals surface area contributed by atoms with Crippen LogP contribution in [0, 0.1) is 0 Å². The molecule has 0 saturated heterocycles. The predicted octanol–water partition coefficient (Wildman–Crippen LogP) is 15.7. The molecule has 3 unspecified atom stereocenters. The normalized spacial score (nSPS) is 14.3. The summed E-state index contributed by atoms with van der Waals surface area (Å²) in [6.45, 7) is 6.18. The van der Waals surface area contributed by atoms with E-state index in [0.717, 1.165) is 89.9 Å². The molecule has 3 N–H and O–H groups in total. The standard InChI is InChI=1S/C58H95NO5/c1-4-7-10-13-16-19-22-25-28-30-33-36-39-42-45-48-51-58(63)64-54(49-46-43-40-37-34-31-29-26-23-20-17-14-11-8-5-2)52-57(62)59-55(53-60)56(61)50-47-44-41-38-35-32-27-24-21-18-15-12-9-6-3/h7-8,10-11,14,16-17,19-20,23,25-26,28-29,31,33-34,36-37,40,54-56,60-61H,4-6,9,12-13,15,18,21-22,24,27,30,32,35,38-39,41-53H2,1-3H3,(H,59,62)/b10-7+,11-8-,17-14+,19-16+,23-20+,28-25+,29-26-,34-31+,36-33+,40-37+.